The van der Waals surface area contributed by atoms with E-state index in [1.165, 1.54) is 19.3 Å². The summed E-state index contributed by atoms with van der Waals surface area (Å²) in [6, 6.07) is 18.4. The maximum atomic E-state index is 11.7. The minimum atomic E-state index is -1.11. The quantitative estimate of drug-likeness (QED) is 0.561. The first kappa shape index (κ1) is 21.6. The van der Waals surface area contributed by atoms with Crippen LogP contribution in [0.3, 0.4) is 0 Å². The average molecular weight is 466 g/mol. The number of rotatable bonds is 4. The third kappa shape index (κ3) is 4.52. The number of fused-ring (bicyclic) bond motifs is 2. The predicted octanol–water partition coefficient (Wildman–Crippen LogP) is 5.98. The first-order valence-electron chi connectivity index (χ1n) is 10.9. The Balaban J connectivity index is 1.51. The summed E-state index contributed by atoms with van der Waals surface area (Å²) < 4.78 is 1.00. The lowest BCUT2D eigenvalue weighted by molar-refractivity contribution is 0.0864. The largest absolute Gasteiger partial charge is 0.379 e. The van der Waals surface area contributed by atoms with Crippen molar-refractivity contribution in [3.8, 4) is 11.8 Å². The molecule has 1 heterocycles. The first-order valence-corrected chi connectivity index (χ1v) is 11.7. The van der Waals surface area contributed by atoms with E-state index in [1.54, 1.807) is 0 Å². The van der Waals surface area contributed by atoms with Crippen LogP contribution in [0, 0.1) is 22.7 Å². The molecule has 1 saturated carbocycles. The number of benzene rings is 2. The number of likely N-dealkylation sites (tertiary alicyclic amines) is 1. The molecule has 0 amide bonds. The van der Waals surface area contributed by atoms with Gasteiger partial charge in [-0.3, -0.25) is 4.90 Å². The van der Waals surface area contributed by atoms with Gasteiger partial charge in [0, 0.05) is 23.5 Å². The smallest absolute Gasteiger partial charge is 0.125 e. The van der Waals surface area contributed by atoms with Crippen molar-refractivity contribution in [3.63, 3.8) is 0 Å². The first-order chi connectivity index (χ1) is 14.2. The summed E-state index contributed by atoms with van der Waals surface area (Å²) in [5.41, 5.74) is 1.50. The Morgan fingerprint density at radius 2 is 1.67 bits per heavy atom. The maximum absolute atomic E-state index is 11.7. The molecule has 2 aliphatic rings. The zero-order chi connectivity index (χ0) is 21.4. The van der Waals surface area contributed by atoms with Crippen molar-refractivity contribution in [1.29, 1.82) is 0 Å². The second-order valence-corrected chi connectivity index (χ2v) is 11.3. The highest BCUT2D eigenvalue weighted by Gasteiger charge is 2.49. The Morgan fingerprint density at radius 3 is 2.37 bits per heavy atom. The van der Waals surface area contributed by atoms with E-state index in [-0.39, 0.29) is 0 Å². The van der Waals surface area contributed by atoms with E-state index in [0.29, 0.717) is 23.3 Å². The predicted molar refractivity (Wildman–Crippen MR) is 127 cm³/mol. The van der Waals surface area contributed by atoms with Crippen molar-refractivity contribution in [2.75, 3.05) is 13.1 Å². The van der Waals surface area contributed by atoms with Gasteiger partial charge in [-0.1, -0.05) is 91.0 Å². The van der Waals surface area contributed by atoms with E-state index >= 15 is 0 Å². The lowest BCUT2D eigenvalue weighted by Gasteiger charge is -2.39. The van der Waals surface area contributed by atoms with Crippen LogP contribution in [0.5, 0.6) is 0 Å². The van der Waals surface area contributed by atoms with Gasteiger partial charge in [-0.2, -0.15) is 0 Å². The molecule has 3 heteroatoms. The van der Waals surface area contributed by atoms with E-state index in [0.717, 1.165) is 28.7 Å². The van der Waals surface area contributed by atoms with Crippen molar-refractivity contribution in [1.82, 2.24) is 4.90 Å². The van der Waals surface area contributed by atoms with Gasteiger partial charge in [-0.25, -0.2) is 0 Å². The number of aliphatic hydroxyl groups is 1. The van der Waals surface area contributed by atoms with Crippen molar-refractivity contribution >= 4 is 15.9 Å². The van der Waals surface area contributed by atoms with Crippen LogP contribution in [-0.2, 0) is 5.60 Å². The molecule has 1 saturated heterocycles. The summed E-state index contributed by atoms with van der Waals surface area (Å²) in [5, 5.41) is 11.7. The van der Waals surface area contributed by atoms with Gasteiger partial charge < -0.3 is 5.11 Å². The Morgan fingerprint density at radius 1 is 1.00 bits per heavy atom. The Bertz CT molecular complexity index is 942. The van der Waals surface area contributed by atoms with Crippen molar-refractivity contribution in [2.24, 2.45) is 10.8 Å². The van der Waals surface area contributed by atoms with Crippen LogP contribution in [-0.4, -0.2) is 29.1 Å². The van der Waals surface area contributed by atoms with Crippen LogP contribution < -0.4 is 0 Å². The molecular formula is C27H32BrNO. The molecule has 0 radical (unpaired) electrons. The average Bonchev–Trinajstić information content (AvgIpc) is 2.94. The van der Waals surface area contributed by atoms with Gasteiger partial charge in [-0.05, 0) is 53.4 Å². The minimum absolute atomic E-state index is 0.389. The van der Waals surface area contributed by atoms with E-state index in [4.69, 9.17) is 0 Å². The van der Waals surface area contributed by atoms with Crippen LogP contribution in [0.4, 0.5) is 0 Å². The molecule has 0 aromatic heterocycles. The lowest BCUT2D eigenvalue weighted by atomic mass is 9.65. The molecular weight excluding hydrogens is 434 g/mol. The second-order valence-electron chi connectivity index (χ2n) is 10.4. The van der Waals surface area contributed by atoms with E-state index in [9.17, 15) is 5.11 Å². The van der Waals surface area contributed by atoms with Crippen molar-refractivity contribution in [3.05, 3.63) is 70.2 Å². The van der Waals surface area contributed by atoms with Crippen LogP contribution in [0.1, 0.15) is 57.6 Å². The van der Waals surface area contributed by atoms with Gasteiger partial charge in [0.15, 0.2) is 0 Å². The molecule has 2 fully saturated rings. The van der Waals surface area contributed by atoms with Crippen molar-refractivity contribution in [2.45, 2.75) is 58.1 Å². The molecule has 2 bridgehead atoms. The van der Waals surface area contributed by atoms with Gasteiger partial charge in [0.2, 0.25) is 0 Å². The highest BCUT2D eigenvalue weighted by atomic mass is 79.9. The summed E-state index contributed by atoms with van der Waals surface area (Å²) >= 11 is 3.49. The molecule has 2 aromatic carbocycles. The van der Waals surface area contributed by atoms with Crippen molar-refractivity contribution < 1.29 is 5.11 Å². The topological polar surface area (TPSA) is 23.5 Å². The number of hydrogen-bond acceptors (Lipinski definition) is 2. The van der Waals surface area contributed by atoms with Gasteiger partial charge in [0.05, 0.1) is 6.54 Å². The summed E-state index contributed by atoms with van der Waals surface area (Å²) in [4.78, 5) is 2.57. The number of halogens is 1. The third-order valence-corrected chi connectivity index (χ3v) is 7.38. The molecule has 3 atom stereocenters. The lowest BCUT2D eigenvalue weighted by Crippen LogP contribution is -2.34. The molecule has 0 spiro atoms. The molecule has 1 aliphatic heterocycles. The van der Waals surface area contributed by atoms with Crippen LogP contribution in [0.2, 0.25) is 0 Å². The molecule has 30 heavy (non-hydrogen) atoms. The number of nitrogens with zero attached hydrogens (tertiary/aromatic N) is 1. The fourth-order valence-electron chi connectivity index (χ4n) is 5.92. The van der Waals surface area contributed by atoms with Crippen LogP contribution in [0.25, 0.3) is 0 Å². The normalized spacial score (nSPS) is 27.2. The van der Waals surface area contributed by atoms with Gasteiger partial charge in [0.25, 0.3) is 0 Å². The van der Waals surface area contributed by atoms with Gasteiger partial charge in [0.1, 0.15) is 5.60 Å². The zero-order valence-electron chi connectivity index (χ0n) is 18.3. The SMILES string of the molecule is CC1(C)C[C@H]2C[C@](C)(CN2CC#CC[C@](O)(c2ccccc2)c2ccc(Br)cc2)C1. The fourth-order valence-corrected chi connectivity index (χ4v) is 6.18. The Kier molecular flexibility index (Phi) is 5.88. The molecule has 1 N–H and O–H groups in total. The highest BCUT2D eigenvalue weighted by molar-refractivity contribution is 9.10. The Hall–Kier alpha value is -1.60. The van der Waals surface area contributed by atoms with Crippen LogP contribution in [0.15, 0.2) is 59.1 Å². The zero-order valence-corrected chi connectivity index (χ0v) is 19.9. The highest BCUT2D eigenvalue weighted by Crippen LogP contribution is 2.52. The third-order valence-electron chi connectivity index (χ3n) is 6.85. The summed E-state index contributed by atoms with van der Waals surface area (Å²) in [6.45, 7) is 9.19. The van der Waals surface area contributed by atoms with Gasteiger partial charge in [-0.15, -0.1) is 0 Å². The molecule has 2 nitrogen and oxygen atoms in total. The van der Waals surface area contributed by atoms with E-state index < -0.39 is 5.60 Å². The molecule has 1 aliphatic carbocycles. The fraction of sp³-hybridized carbons (Fsp3) is 0.481. The van der Waals surface area contributed by atoms with E-state index in [1.807, 2.05) is 54.6 Å². The molecule has 158 valence electrons. The number of hydrogen-bond donors (Lipinski definition) is 1. The monoisotopic (exact) mass is 465 g/mol. The Labute approximate surface area is 189 Å². The maximum Gasteiger partial charge on any atom is 0.125 e. The molecule has 4 rings (SSSR count). The van der Waals surface area contributed by atoms with E-state index in [2.05, 4.69) is 53.4 Å². The second kappa shape index (κ2) is 8.15. The summed E-state index contributed by atoms with van der Waals surface area (Å²) in [6.07, 6.45) is 4.25. The molecule has 2 aromatic rings. The summed E-state index contributed by atoms with van der Waals surface area (Å²) in [5.74, 6) is 6.72. The standard InChI is InChI=1S/C27H32BrNO/c1-25(2)17-24-18-26(3,19-25)20-29(24)16-8-7-15-27(30,21-9-5-4-6-10-21)22-11-13-23(28)14-12-22/h4-6,9-14,24,30H,15-20H2,1-3H3/t24-,26-,27-/m0/s1. The minimum Gasteiger partial charge on any atom is -0.379 e. The van der Waals surface area contributed by atoms with Gasteiger partial charge >= 0.3 is 0 Å². The van der Waals surface area contributed by atoms with Crippen LogP contribution >= 0.6 is 15.9 Å². The molecule has 0 unspecified atom stereocenters. The summed E-state index contributed by atoms with van der Waals surface area (Å²) in [7, 11) is 0.